The summed E-state index contributed by atoms with van der Waals surface area (Å²) in [5, 5.41) is 17.0. The lowest BCUT2D eigenvalue weighted by Crippen LogP contribution is -2.19. The van der Waals surface area contributed by atoms with Crippen LogP contribution in [0, 0.1) is 11.3 Å². The van der Waals surface area contributed by atoms with Crippen molar-refractivity contribution >= 4 is 17.2 Å². The quantitative estimate of drug-likeness (QED) is 0.933. The Bertz CT molecular complexity index is 640. The van der Waals surface area contributed by atoms with Gasteiger partial charge < -0.3 is 5.32 Å². The van der Waals surface area contributed by atoms with Gasteiger partial charge in [-0.15, -0.1) is 0 Å². The van der Waals surface area contributed by atoms with Crippen LogP contribution in [0.25, 0.3) is 0 Å². The second-order valence-corrected chi connectivity index (χ2v) is 6.12. The Balaban J connectivity index is 1.78. The van der Waals surface area contributed by atoms with E-state index in [0.29, 0.717) is 5.56 Å². The summed E-state index contributed by atoms with van der Waals surface area (Å²) in [5.41, 5.74) is 4.41. The summed E-state index contributed by atoms with van der Waals surface area (Å²) in [4.78, 5) is 4.66. The molecule has 0 spiro atoms. The summed E-state index contributed by atoms with van der Waals surface area (Å²) in [6.07, 6.45) is 4.20. The van der Waals surface area contributed by atoms with Crippen LogP contribution in [0.4, 0.5) is 5.82 Å². The van der Waals surface area contributed by atoms with Crippen molar-refractivity contribution in [3.8, 4) is 6.07 Å². The first-order chi connectivity index (χ1) is 9.76. The van der Waals surface area contributed by atoms with Crippen molar-refractivity contribution < 1.29 is 0 Å². The first-order valence-corrected chi connectivity index (χ1v) is 7.91. The molecule has 2 aromatic rings. The fraction of sp³-hybridized carbons (Fsp3) is 0.375. The van der Waals surface area contributed by atoms with E-state index in [-0.39, 0.29) is 6.04 Å². The number of pyridine rings is 1. The summed E-state index contributed by atoms with van der Waals surface area (Å²) < 4.78 is 0. The van der Waals surface area contributed by atoms with Gasteiger partial charge in [-0.1, -0.05) is 0 Å². The van der Waals surface area contributed by atoms with Crippen molar-refractivity contribution in [3.05, 3.63) is 45.3 Å². The second-order valence-electron chi connectivity index (χ2n) is 5.34. The Labute approximate surface area is 123 Å². The molecule has 1 aliphatic carbocycles. The maximum atomic E-state index is 9.29. The summed E-state index contributed by atoms with van der Waals surface area (Å²) >= 11 is 1.72. The van der Waals surface area contributed by atoms with Crippen molar-refractivity contribution in [2.75, 3.05) is 5.32 Å². The van der Waals surface area contributed by atoms with Crippen molar-refractivity contribution in [1.82, 2.24) is 4.98 Å². The van der Waals surface area contributed by atoms with E-state index < -0.39 is 0 Å². The fourth-order valence-corrected chi connectivity index (χ4v) is 3.40. The molecule has 0 saturated carbocycles. The molecule has 0 fully saturated rings. The average Bonchev–Trinajstić information content (AvgIpc) is 3.08. The predicted octanol–water partition coefficient (Wildman–Crippen LogP) is 3.55. The fourth-order valence-electron chi connectivity index (χ4n) is 2.71. The largest absolute Gasteiger partial charge is 0.366 e. The Hall–Kier alpha value is -1.86. The number of nitrogens with zero attached hydrogens (tertiary/aromatic N) is 2. The van der Waals surface area contributed by atoms with Gasteiger partial charge in [0.15, 0.2) is 0 Å². The molecule has 3 nitrogen and oxygen atoms in total. The highest BCUT2D eigenvalue weighted by Gasteiger charge is 2.17. The molecular weight excluding hydrogens is 266 g/mol. The number of nitriles is 1. The van der Waals surface area contributed by atoms with E-state index >= 15 is 0 Å². The van der Waals surface area contributed by atoms with Crippen molar-refractivity contribution in [1.29, 1.82) is 5.26 Å². The van der Waals surface area contributed by atoms with Crippen LogP contribution in [0.15, 0.2) is 22.9 Å². The Kier molecular flexibility index (Phi) is 3.70. The highest BCUT2D eigenvalue weighted by Crippen LogP contribution is 2.25. The van der Waals surface area contributed by atoms with Gasteiger partial charge in [0.25, 0.3) is 0 Å². The molecule has 0 aliphatic heterocycles. The Morgan fingerprint density at radius 2 is 2.40 bits per heavy atom. The number of nitrogens with one attached hydrogen (secondary N) is 1. The van der Waals surface area contributed by atoms with E-state index in [0.717, 1.165) is 37.2 Å². The number of hydrogen-bond acceptors (Lipinski definition) is 4. The maximum absolute atomic E-state index is 9.29. The molecule has 4 heteroatoms. The third-order valence-electron chi connectivity index (χ3n) is 3.68. The molecule has 1 aliphatic rings. The molecule has 0 saturated heterocycles. The Morgan fingerprint density at radius 1 is 1.50 bits per heavy atom. The topological polar surface area (TPSA) is 48.7 Å². The minimum atomic E-state index is 0.267. The van der Waals surface area contributed by atoms with Crippen LogP contribution >= 0.6 is 11.3 Å². The molecule has 0 amide bonds. The van der Waals surface area contributed by atoms with Gasteiger partial charge in [-0.2, -0.15) is 16.6 Å². The molecule has 20 heavy (non-hydrogen) atoms. The monoisotopic (exact) mass is 283 g/mol. The van der Waals surface area contributed by atoms with Crippen molar-refractivity contribution in [2.45, 2.75) is 38.6 Å². The molecular formula is C16H17N3S. The van der Waals surface area contributed by atoms with Crippen LogP contribution in [0.1, 0.15) is 35.7 Å². The van der Waals surface area contributed by atoms with Crippen LogP contribution in [0.5, 0.6) is 0 Å². The number of rotatable bonds is 4. The molecule has 3 rings (SSSR count). The predicted molar refractivity (Wildman–Crippen MR) is 82.1 cm³/mol. The number of hydrogen-bond donors (Lipinski definition) is 1. The number of thiophene rings is 1. The summed E-state index contributed by atoms with van der Waals surface area (Å²) in [5.74, 6) is 0.746. The third kappa shape index (κ3) is 2.68. The summed E-state index contributed by atoms with van der Waals surface area (Å²) in [6, 6.07) is 6.69. The van der Waals surface area contributed by atoms with Crippen LogP contribution in [0.2, 0.25) is 0 Å². The number of anilines is 1. The van der Waals surface area contributed by atoms with Gasteiger partial charge in [0.05, 0.1) is 5.56 Å². The van der Waals surface area contributed by atoms with Crippen LogP contribution in [-0.4, -0.2) is 11.0 Å². The summed E-state index contributed by atoms with van der Waals surface area (Å²) in [7, 11) is 0. The molecule has 1 unspecified atom stereocenters. The summed E-state index contributed by atoms with van der Waals surface area (Å²) in [6.45, 7) is 2.13. The van der Waals surface area contributed by atoms with Gasteiger partial charge in [0.2, 0.25) is 0 Å². The van der Waals surface area contributed by atoms with Crippen LogP contribution in [-0.2, 0) is 19.3 Å². The lowest BCUT2D eigenvalue weighted by atomic mass is 10.1. The zero-order valence-electron chi connectivity index (χ0n) is 11.5. The lowest BCUT2D eigenvalue weighted by molar-refractivity contribution is 0.784. The zero-order chi connectivity index (χ0) is 13.9. The molecule has 0 bridgehead atoms. The molecule has 1 N–H and O–H groups in total. The van der Waals surface area contributed by atoms with E-state index in [4.69, 9.17) is 0 Å². The SMILES string of the molecule is CC(Cc1ccsc1)Nc1nc2c(cc1C#N)CCC2. The van der Waals surface area contributed by atoms with Crippen LogP contribution in [0.3, 0.4) is 0 Å². The van der Waals surface area contributed by atoms with Crippen LogP contribution < -0.4 is 5.32 Å². The second kappa shape index (κ2) is 5.64. The van der Waals surface area contributed by atoms with Gasteiger partial charge in [-0.3, -0.25) is 0 Å². The first-order valence-electron chi connectivity index (χ1n) is 6.97. The molecule has 0 radical (unpaired) electrons. The zero-order valence-corrected chi connectivity index (χ0v) is 12.3. The minimum Gasteiger partial charge on any atom is -0.366 e. The highest BCUT2D eigenvalue weighted by molar-refractivity contribution is 7.07. The van der Waals surface area contributed by atoms with E-state index in [2.05, 4.69) is 40.1 Å². The lowest BCUT2D eigenvalue weighted by Gasteiger charge is -2.16. The van der Waals surface area contributed by atoms with Gasteiger partial charge in [0.1, 0.15) is 11.9 Å². The van der Waals surface area contributed by atoms with E-state index in [9.17, 15) is 5.26 Å². The highest BCUT2D eigenvalue weighted by atomic mass is 32.1. The number of aryl methyl sites for hydroxylation is 2. The minimum absolute atomic E-state index is 0.267. The van der Waals surface area contributed by atoms with E-state index in [1.807, 2.05) is 6.07 Å². The van der Waals surface area contributed by atoms with Gasteiger partial charge in [-0.25, -0.2) is 4.98 Å². The molecule has 102 valence electrons. The van der Waals surface area contributed by atoms with Gasteiger partial charge >= 0.3 is 0 Å². The third-order valence-corrected chi connectivity index (χ3v) is 4.41. The van der Waals surface area contributed by atoms with Gasteiger partial charge in [-0.05, 0) is 66.6 Å². The normalized spacial score (nSPS) is 14.6. The average molecular weight is 283 g/mol. The molecule has 2 heterocycles. The number of fused-ring (bicyclic) bond motifs is 1. The first kappa shape index (κ1) is 13.1. The van der Waals surface area contributed by atoms with E-state index in [1.165, 1.54) is 11.1 Å². The van der Waals surface area contributed by atoms with Crippen molar-refractivity contribution in [2.24, 2.45) is 0 Å². The number of aromatic nitrogens is 1. The maximum Gasteiger partial charge on any atom is 0.144 e. The van der Waals surface area contributed by atoms with Gasteiger partial charge in [0, 0.05) is 11.7 Å². The smallest absolute Gasteiger partial charge is 0.144 e. The standard InChI is InChI=1S/C16H17N3S/c1-11(7-12-5-6-20-10-12)18-16-14(9-17)8-13-3-2-4-15(13)19-16/h5-6,8,10-11H,2-4,7H2,1H3,(H,18,19). The molecule has 2 aromatic heterocycles. The van der Waals surface area contributed by atoms with Crippen molar-refractivity contribution in [3.63, 3.8) is 0 Å². The molecule has 0 aromatic carbocycles. The Morgan fingerprint density at radius 3 is 3.15 bits per heavy atom. The van der Waals surface area contributed by atoms with E-state index in [1.54, 1.807) is 11.3 Å². The molecule has 1 atom stereocenters.